The monoisotopic (exact) mass is 273 g/mol. The van der Waals surface area contributed by atoms with Gasteiger partial charge in [-0.05, 0) is 24.3 Å². The summed E-state index contributed by atoms with van der Waals surface area (Å²) < 4.78 is 3.98. The fourth-order valence-corrected chi connectivity index (χ4v) is 1.91. The highest BCUT2D eigenvalue weighted by atomic mass is 16.1. The van der Waals surface area contributed by atoms with Crippen LogP contribution in [0, 0.1) is 11.3 Å². The van der Waals surface area contributed by atoms with Gasteiger partial charge in [0.15, 0.2) is 5.78 Å². The van der Waals surface area contributed by atoms with Crippen molar-refractivity contribution in [1.82, 2.24) is 9.13 Å². The SMILES string of the molecule is C.C.N#CCCn1cccc1.O=C1CCn2cccc21. The minimum Gasteiger partial charge on any atom is -0.353 e. The summed E-state index contributed by atoms with van der Waals surface area (Å²) in [5.74, 6) is 0.278. The number of fused-ring (bicyclic) bond motifs is 1. The van der Waals surface area contributed by atoms with Crippen LogP contribution in [0.15, 0.2) is 42.9 Å². The maximum Gasteiger partial charge on any atom is 0.180 e. The van der Waals surface area contributed by atoms with Gasteiger partial charge in [0.25, 0.3) is 0 Å². The second-order valence-corrected chi connectivity index (χ2v) is 4.09. The molecule has 4 heteroatoms. The first-order valence-corrected chi connectivity index (χ1v) is 5.97. The van der Waals surface area contributed by atoms with Crippen molar-refractivity contribution in [1.29, 1.82) is 5.26 Å². The molecule has 0 spiro atoms. The largest absolute Gasteiger partial charge is 0.353 e. The molecule has 3 rings (SSSR count). The topological polar surface area (TPSA) is 50.7 Å². The number of carbonyl (C=O) groups is 1. The third kappa shape index (κ3) is 4.43. The van der Waals surface area contributed by atoms with Gasteiger partial charge in [0.2, 0.25) is 0 Å². The first-order valence-electron chi connectivity index (χ1n) is 5.97. The lowest BCUT2D eigenvalue weighted by molar-refractivity contribution is 0.0994. The summed E-state index contributed by atoms with van der Waals surface area (Å²) in [4.78, 5) is 10.9. The third-order valence-corrected chi connectivity index (χ3v) is 2.84. The lowest BCUT2D eigenvalue weighted by atomic mass is 10.3. The zero-order chi connectivity index (χ0) is 12.8. The standard InChI is InChI=1S/C7H8N2.C7H7NO.2CH4/c8-4-3-7-9-5-1-2-6-9;9-7-3-5-8-4-1-2-6(7)8;;/h1-2,5-6H,3,7H2;1-2,4H,3,5H2;2*1H4. The van der Waals surface area contributed by atoms with E-state index in [2.05, 4.69) is 6.07 Å². The molecular weight excluding hydrogens is 250 g/mol. The highest BCUT2D eigenvalue weighted by molar-refractivity contribution is 5.96. The lowest BCUT2D eigenvalue weighted by Crippen LogP contribution is -1.90. The van der Waals surface area contributed by atoms with Crippen molar-refractivity contribution in [2.24, 2.45) is 0 Å². The molecule has 0 atom stereocenters. The number of ketones is 1. The number of nitriles is 1. The summed E-state index contributed by atoms with van der Waals surface area (Å²) in [6.07, 6.45) is 7.14. The summed E-state index contributed by atoms with van der Waals surface area (Å²) in [6, 6.07) is 9.78. The quantitative estimate of drug-likeness (QED) is 0.836. The molecule has 0 aromatic carbocycles. The predicted octanol–water partition coefficient (Wildman–Crippen LogP) is 3.75. The molecule has 0 unspecified atom stereocenters. The van der Waals surface area contributed by atoms with Crippen molar-refractivity contribution >= 4 is 5.78 Å². The Balaban J connectivity index is 0.000000328. The second kappa shape index (κ2) is 8.76. The van der Waals surface area contributed by atoms with E-state index in [-0.39, 0.29) is 20.6 Å². The summed E-state index contributed by atoms with van der Waals surface area (Å²) in [5, 5.41) is 8.20. The van der Waals surface area contributed by atoms with E-state index in [4.69, 9.17) is 5.26 Å². The Morgan fingerprint density at radius 3 is 2.45 bits per heavy atom. The molecule has 1 aliphatic rings. The van der Waals surface area contributed by atoms with E-state index in [9.17, 15) is 4.79 Å². The van der Waals surface area contributed by atoms with Crippen molar-refractivity contribution in [3.8, 4) is 6.07 Å². The number of Topliss-reactive ketones (excluding diaryl/α,β-unsaturated/α-hetero) is 1. The highest BCUT2D eigenvalue weighted by Crippen LogP contribution is 2.13. The molecule has 1 aliphatic heterocycles. The molecule has 2 aromatic heterocycles. The minimum absolute atomic E-state index is 0. The van der Waals surface area contributed by atoms with Gasteiger partial charge in [0.1, 0.15) is 0 Å². The van der Waals surface area contributed by atoms with E-state index in [1.807, 2.05) is 52.0 Å². The predicted molar refractivity (Wildman–Crippen MR) is 81.5 cm³/mol. The van der Waals surface area contributed by atoms with Crippen LogP contribution in [-0.4, -0.2) is 14.9 Å². The molecule has 108 valence electrons. The van der Waals surface area contributed by atoms with Gasteiger partial charge in [-0.3, -0.25) is 4.79 Å². The van der Waals surface area contributed by atoms with Crippen LogP contribution in [0.2, 0.25) is 0 Å². The molecule has 4 nitrogen and oxygen atoms in total. The van der Waals surface area contributed by atoms with Crippen molar-refractivity contribution in [3.05, 3.63) is 48.5 Å². The van der Waals surface area contributed by atoms with E-state index >= 15 is 0 Å². The van der Waals surface area contributed by atoms with E-state index in [0.29, 0.717) is 12.8 Å². The number of hydrogen-bond acceptors (Lipinski definition) is 2. The third-order valence-electron chi connectivity index (χ3n) is 2.84. The Bertz CT molecular complexity index is 547. The number of aryl methyl sites for hydroxylation is 2. The zero-order valence-corrected chi connectivity index (χ0v) is 10.1. The van der Waals surface area contributed by atoms with E-state index in [1.54, 1.807) is 0 Å². The van der Waals surface area contributed by atoms with Crippen LogP contribution in [0.25, 0.3) is 0 Å². The lowest BCUT2D eigenvalue weighted by Gasteiger charge is -1.93. The average molecular weight is 273 g/mol. The molecular formula is C16H23N3O. The van der Waals surface area contributed by atoms with Gasteiger partial charge in [-0.15, -0.1) is 0 Å². The number of carbonyl (C=O) groups excluding carboxylic acids is 1. The first kappa shape index (κ1) is 17.7. The minimum atomic E-state index is 0. The number of rotatable bonds is 2. The van der Waals surface area contributed by atoms with Gasteiger partial charge in [0.05, 0.1) is 18.2 Å². The van der Waals surface area contributed by atoms with Gasteiger partial charge in [-0.25, -0.2) is 0 Å². The highest BCUT2D eigenvalue weighted by Gasteiger charge is 2.16. The van der Waals surface area contributed by atoms with E-state index in [1.165, 1.54) is 0 Å². The fraction of sp³-hybridized carbons (Fsp3) is 0.375. The van der Waals surface area contributed by atoms with Crippen LogP contribution in [-0.2, 0) is 13.1 Å². The molecule has 3 heterocycles. The van der Waals surface area contributed by atoms with Gasteiger partial charge in [-0.1, -0.05) is 14.9 Å². The maximum absolute atomic E-state index is 10.9. The van der Waals surface area contributed by atoms with Crippen LogP contribution in [0.5, 0.6) is 0 Å². The Morgan fingerprint density at radius 2 is 1.85 bits per heavy atom. The Kier molecular flexibility index (Phi) is 7.76. The van der Waals surface area contributed by atoms with Crippen LogP contribution in [0.3, 0.4) is 0 Å². The molecule has 2 aromatic rings. The summed E-state index contributed by atoms with van der Waals surface area (Å²) in [6.45, 7) is 1.69. The Morgan fingerprint density at radius 1 is 1.15 bits per heavy atom. The van der Waals surface area contributed by atoms with E-state index in [0.717, 1.165) is 18.8 Å². The number of aromatic nitrogens is 2. The van der Waals surface area contributed by atoms with Crippen molar-refractivity contribution in [2.45, 2.75) is 40.8 Å². The van der Waals surface area contributed by atoms with E-state index < -0.39 is 0 Å². The normalized spacial score (nSPS) is 11.2. The smallest absolute Gasteiger partial charge is 0.180 e. The Hall–Kier alpha value is -2.28. The molecule has 0 aliphatic carbocycles. The van der Waals surface area contributed by atoms with Gasteiger partial charge >= 0.3 is 0 Å². The molecule has 0 saturated heterocycles. The van der Waals surface area contributed by atoms with Crippen LogP contribution >= 0.6 is 0 Å². The summed E-state index contributed by atoms with van der Waals surface area (Å²) >= 11 is 0. The summed E-state index contributed by atoms with van der Waals surface area (Å²) in [5.41, 5.74) is 0.870. The molecule has 0 fully saturated rings. The number of hydrogen-bond donors (Lipinski definition) is 0. The van der Waals surface area contributed by atoms with Gasteiger partial charge in [0, 0.05) is 38.1 Å². The fourth-order valence-electron chi connectivity index (χ4n) is 1.91. The molecule has 0 radical (unpaired) electrons. The Labute approximate surface area is 121 Å². The van der Waals surface area contributed by atoms with Crippen molar-refractivity contribution in [2.75, 3.05) is 0 Å². The van der Waals surface area contributed by atoms with Crippen LogP contribution in [0.1, 0.15) is 38.2 Å². The number of nitrogens with zero attached hydrogens (tertiary/aromatic N) is 3. The summed E-state index contributed by atoms with van der Waals surface area (Å²) in [7, 11) is 0. The van der Waals surface area contributed by atoms with Gasteiger partial charge < -0.3 is 9.13 Å². The first-order chi connectivity index (χ1) is 8.81. The zero-order valence-electron chi connectivity index (χ0n) is 10.1. The van der Waals surface area contributed by atoms with Crippen molar-refractivity contribution < 1.29 is 4.79 Å². The van der Waals surface area contributed by atoms with Crippen LogP contribution < -0.4 is 0 Å². The van der Waals surface area contributed by atoms with Gasteiger partial charge in [-0.2, -0.15) is 5.26 Å². The molecule has 0 bridgehead atoms. The molecule has 20 heavy (non-hydrogen) atoms. The van der Waals surface area contributed by atoms with Crippen molar-refractivity contribution in [3.63, 3.8) is 0 Å². The second-order valence-electron chi connectivity index (χ2n) is 4.09. The molecule has 0 N–H and O–H groups in total. The maximum atomic E-state index is 10.9. The average Bonchev–Trinajstić information content (AvgIpc) is 3.08. The molecule has 0 saturated carbocycles. The molecule has 0 amide bonds. The van der Waals surface area contributed by atoms with Crippen LogP contribution in [0.4, 0.5) is 0 Å².